The average molecular weight is 362 g/mol. The van der Waals surface area contributed by atoms with Gasteiger partial charge in [-0.25, -0.2) is 9.78 Å². The van der Waals surface area contributed by atoms with E-state index in [0.29, 0.717) is 29.5 Å². The maximum atomic E-state index is 12.8. The number of aryl methyl sites for hydroxylation is 1. The van der Waals surface area contributed by atoms with Crippen LogP contribution in [0, 0.1) is 5.92 Å². The number of Topliss-reactive ketones (excluding diaryl/α,β-unsaturated/α-hetero) is 1. The summed E-state index contributed by atoms with van der Waals surface area (Å²) in [6.45, 7) is 8.30. The summed E-state index contributed by atoms with van der Waals surface area (Å²) < 4.78 is 4.20. The standard InChI is InChI=1S/C18H27N5O3/c1-11-7-6-8-22(9-11)10-14-19-16-15(23(14)12(2)13(3)24)17(25)21(5)18(26)20(16)4/h11-12H,6-10H2,1-5H3/p+1/t11-,12-/m0/s1. The molecule has 1 aliphatic rings. The molecule has 142 valence electrons. The number of carbonyl (C=O) groups is 1. The van der Waals surface area contributed by atoms with Crippen molar-refractivity contribution in [1.29, 1.82) is 0 Å². The summed E-state index contributed by atoms with van der Waals surface area (Å²) in [4.78, 5) is 43.2. The normalized spacial score (nSPS) is 21.9. The van der Waals surface area contributed by atoms with Gasteiger partial charge in [-0.15, -0.1) is 0 Å². The third-order valence-electron chi connectivity index (χ3n) is 5.61. The molecule has 8 nitrogen and oxygen atoms in total. The number of aromatic nitrogens is 4. The molecule has 2 aromatic rings. The zero-order valence-electron chi connectivity index (χ0n) is 16.2. The van der Waals surface area contributed by atoms with Crippen LogP contribution >= 0.6 is 0 Å². The number of hydrogen-bond acceptors (Lipinski definition) is 4. The van der Waals surface area contributed by atoms with Crippen LogP contribution in [-0.4, -0.2) is 37.6 Å². The number of hydrogen-bond donors (Lipinski definition) is 1. The molecule has 0 radical (unpaired) electrons. The van der Waals surface area contributed by atoms with Gasteiger partial charge in [0.15, 0.2) is 22.8 Å². The molecule has 0 saturated carbocycles. The zero-order valence-corrected chi connectivity index (χ0v) is 16.2. The van der Waals surface area contributed by atoms with Gasteiger partial charge in [-0.05, 0) is 26.7 Å². The molecule has 2 aromatic heterocycles. The van der Waals surface area contributed by atoms with Crippen molar-refractivity contribution in [3.05, 3.63) is 26.7 Å². The lowest BCUT2D eigenvalue weighted by molar-refractivity contribution is -0.922. The minimum absolute atomic E-state index is 0.0385. The maximum absolute atomic E-state index is 12.8. The third kappa shape index (κ3) is 3.02. The van der Waals surface area contributed by atoms with Gasteiger partial charge >= 0.3 is 5.69 Å². The Morgan fingerprint density at radius 1 is 1.31 bits per heavy atom. The second-order valence-electron chi connectivity index (χ2n) is 7.69. The molecule has 1 saturated heterocycles. The SMILES string of the molecule is CC(=O)[C@H](C)n1c(C[NH+]2CCC[C@H](C)C2)nc2c1c(=O)n(C)c(=O)n2C. The van der Waals surface area contributed by atoms with E-state index in [9.17, 15) is 14.4 Å². The molecule has 8 heteroatoms. The van der Waals surface area contributed by atoms with E-state index in [1.165, 1.54) is 36.3 Å². The van der Waals surface area contributed by atoms with Crippen LogP contribution in [0.3, 0.4) is 0 Å². The number of ketones is 1. The molecule has 0 aromatic carbocycles. The highest BCUT2D eigenvalue weighted by Gasteiger charge is 2.28. The Labute approximate surface area is 152 Å². The number of likely N-dealkylation sites (tertiary alicyclic amines) is 1. The van der Waals surface area contributed by atoms with Gasteiger partial charge in [-0.1, -0.05) is 6.92 Å². The van der Waals surface area contributed by atoms with E-state index in [2.05, 4.69) is 11.9 Å². The largest absolute Gasteiger partial charge is 0.332 e. The number of nitrogens with zero attached hydrogens (tertiary/aromatic N) is 4. The fourth-order valence-electron chi connectivity index (χ4n) is 3.97. The van der Waals surface area contributed by atoms with Crippen LogP contribution in [0.25, 0.3) is 11.2 Å². The van der Waals surface area contributed by atoms with Gasteiger partial charge in [0.1, 0.15) is 6.54 Å². The summed E-state index contributed by atoms with van der Waals surface area (Å²) in [5.41, 5.74) is -0.132. The average Bonchev–Trinajstić information content (AvgIpc) is 2.96. The molecule has 26 heavy (non-hydrogen) atoms. The fraction of sp³-hybridized carbons (Fsp3) is 0.667. The number of piperidine rings is 1. The molecule has 1 fully saturated rings. The number of quaternary nitrogens is 1. The van der Waals surface area contributed by atoms with E-state index < -0.39 is 17.3 Å². The van der Waals surface area contributed by atoms with E-state index in [4.69, 9.17) is 0 Å². The molecular weight excluding hydrogens is 334 g/mol. The van der Waals surface area contributed by atoms with Crippen LogP contribution in [0.1, 0.15) is 45.5 Å². The van der Waals surface area contributed by atoms with Crippen molar-refractivity contribution in [3.63, 3.8) is 0 Å². The Hall–Kier alpha value is -2.22. The lowest BCUT2D eigenvalue weighted by Gasteiger charge is -2.28. The van der Waals surface area contributed by atoms with Crippen LogP contribution < -0.4 is 16.1 Å². The molecule has 0 amide bonds. The number of nitrogens with one attached hydrogen (secondary N) is 1. The highest BCUT2D eigenvalue weighted by atomic mass is 16.2. The first kappa shape index (κ1) is 18.6. The zero-order chi connectivity index (χ0) is 19.2. The minimum Gasteiger partial charge on any atom is -0.328 e. The van der Waals surface area contributed by atoms with Crippen molar-refractivity contribution in [3.8, 4) is 0 Å². The molecule has 0 spiro atoms. The molecule has 1 aliphatic heterocycles. The second-order valence-corrected chi connectivity index (χ2v) is 7.69. The van der Waals surface area contributed by atoms with E-state index in [0.717, 1.165) is 17.7 Å². The second kappa shape index (κ2) is 6.83. The maximum Gasteiger partial charge on any atom is 0.332 e. The van der Waals surface area contributed by atoms with Crippen molar-refractivity contribution in [1.82, 2.24) is 18.7 Å². The van der Waals surface area contributed by atoms with Gasteiger partial charge in [-0.3, -0.25) is 18.7 Å². The summed E-state index contributed by atoms with van der Waals surface area (Å²) in [7, 11) is 3.07. The Kier molecular flexibility index (Phi) is 4.88. The van der Waals surface area contributed by atoms with Crippen molar-refractivity contribution in [2.75, 3.05) is 13.1 Å². The molecular formula is C18H28N5O3+. The minimum atomic E-state index is -0.498. The van der Waals surface area contributed by atoms with E-state index in [1.807, 2.05) is 0 Å². The van der Waals surface area contributed by atoms with E-state index in [1.54, 1.807) is 18.5 Å². The van der Waals surface area contributed by atoms with Gasteiger partial charge in [0.05, 0.1) is 19.1 Å². The summed E-state index contributed by atoms with van der Waals surface area (Å²) >= 11 is 0. The molecule has 1 N–H and O–H groups in total. The van der Waals surface area contributed by atoms with Crippen molar-refractivity contribution >= 4 is 16.9 Å². The van der Waals surface area contributed by atoms with Gasteiger partial charge in [0.2, 0.25) is 0 Å². The van der Waals surface area contributed by atoms with E-state index >= 15 is 0 Å². The lowest BCUT2D eigenvalue weighted by Crippen LogP contribution is -3.12. The molecule has 3 atom stereocenters. The van der Waals surface area contributed by atoms with Gasteiger partial charge in [-0.2, -0.15) is 0 Å². The predicted octanol–water partition coefficient (Wildman–Crippen LogP) is -0.601. The van der Waals surface area contributed by atoms with Crippen molar-refractivity contribution in [2.45, 2.75) is 46.2 Å². The number of fused-ring (bicyclic) bond motifs is 1. The number of rotatable bonds is 4. The highest BCUT2D eigenvalue weighted by Crippen LogP contribution is 2.18. The van der Waals surface area contributed by atoms with Crippen LogP contribution in [0.2, 0.25) is 0 Å². The molecule has 3 heterocycles. The Bertz CT molecular complexity index is 968. The molecule has 0 bridgehead atoms. The van der Waals surface area contributed by atoms with Gasteiger partial charge < -0.3 is 9.47 Å². The summed E-state index contributed by atoms with van der Waals surface area (Å²) in [5, 5.41) is 0. The van der Waals surface area contributed by atoms with Crippen LogP contribution in [0.5, 0.6) is 0 Å². The topological polar surface area (TPSA) is 83.3 Å². The molecule has 0 aliphatic carbocycles. The Morgan fingerprint density at radius 3 is 2.62 bits per heavy atom. The predicted molar refractivity (Wildman–Crippen MR) is 98.4 cm³/mol. The van der Waals surface area contributed by atoms with Gasteiger partial charge in [0.25, 0.3) is 5.56 Å². The lowest BCUT2D eigenvalue weighted by atomic mass is 10.0. The monoisotopic (exact) mass is 362 g/mol. The van der Waals surface area contributed by atoms with Crippen LogP contribution in [-0.2, 0) is 25.4 Å². The number of carbonyl (C=O) groups excluding carboxylic acids is 1. The molecule has 1 unspecified atom stereocenters. The van der Waals surface area contributed by atoms with Crippen LogP contribution in [0.15, 0.2) is 9.59 Å². The van der Waals surface area contributed by atoms with Gasteiger partial charge in [0, 0.05) is 20.0 Å². The first-order chi connectivity index (χ1) is 12.2. The smallest absolute Gasteiger partial charge is 0.328 e. The first-order valence-electron chi connectivity index (χ1n) is 9.23. The highest BCUT2D eigenvalue weighted by molar-refractivity contribution is 5.82. The quantitative estimate of drug-likeness (QED) is 0.787. The summed E-state index contributed by atoms with van der Waals surface area (Å²) in [6.07, 6.45) is 2.40. The Morgan fingerprint density at radius 2 is 2.00 bits per heavy atom. The van der Waals surface area contributed by atoms with Crippen molar-refractivity contribution < 1.29 is 9.69 Å². The van der Waals surface area contributed by atoms with Crippen molar-refractivity contribution in [2.24, 2.45) is 20.0 Å². The summed E-state index contributed by atoms with van der Waals surface area (Å²) in [5.74, 6) is 1.31. The molecule has 3 rings (SSSR count). The van der Waals surface area contributed by atoms with E-state index in [-0.39, 0.29) is 5.78 Å². The first-order valence-corrected chi connectivity index (χ1v) is 9.23. The fourth-order valence-corrected chi connectivity index (χ4v) is 3.97. The Balaban J connectivity index is 2.21. The van der Waals surface area contributed by atoms with Crippen LogP contribution in [0.4, 0.5) is 0 Å². The third-order valence-corrected chi connectivity index (χ3v) is 5.61. The number of imidazole rings is 1. The summed E-state index contributed by atoms with van der Waals surface area (Å²) in [6, 6.07) is -0.498.